The summed E-state index contributed by atoms with van der Waals surface area (Å²) in [7, 11) is 0. The molecular weight excluding hydrogens is 259 g/mol. The van der Waals surface area contributed by atoms with Crippen LogP contribution in [-0.4, -0.2) is 24.9 Å². The van der Waals surface area contributed by atoms with Gasteiger partial charge in [-0.05, 0) is 30.1 Å². The monoisotopic (exact) mass is 281 g/mol. The molecule has 0 aliphatic heterocycles. The second-order valence-corrected chi connectivity index (χ2v) is 6.95. The zero-order chi connectivity index (χ0) is 14.9. The van der Waals surface area contributed by atoms with E-state index in [1.807, 2.05) is 0 Å². The lowest BCUT2D eigenvalue weighted by Crippen LogP contribution is -2.46. The first-order valence-electron chi connectivity index (χ1n) is 6.39. The van der Waals surface area contributed by atoms with Crippen LogP contribution in [0.1, 0.15) is 47.0 Å². The molecule has 0 aromatic rings. The summed E-state index contributed by atoms with van der Waals surface area (Å²) in [5.41, 5.74) is 0.118. The fraction of sp³-hybridized carbons (Fsp3) is 0.923. The molecule has 1 N–H and O–H groups in total. The fourth-order valence-corrected chi connectivity index (χ4v) is 3.30. The average Bonchev–Trinajstić information content (AvgIpc) is 2.07. The topological polar surface area (TPSA) is 38.3 Å². The van der Waals surface area contributed by atoms with E-state index in [9.17, 15) is 18.0 Å². The number of ether oxygens (including phenoxy) is 1. The minimum Gasteiger partial charge on any atom is -0.440 e. The number of carbonyl (C=O) groups is 1. The summed E-state index contributed by atoms with van der Waals surface area (Å²) in [6, 6.07) is -0.139. The van der Waals surface area contributed by atoms with Crippen LogP contribution in [0, 0.1) is 10.8 Å². The van der Waals surface area contributed by atoms with Crippen LogP contribution in [0.25, 0.3) is 0 Å². The standard InChI is InChI=1S/C13H22F3NO2/c1-11(2)5-9(6-12(3,4)7-11)17-10(18)19-8-13(14,15)16/h9H,5-8H2,1-4H3,(H,17,18). The highest BCUT2D eigenvalue weighted by Gasteiger charge is 2.39. The van der Waals surface area contributed by atoms with E-state index in [4.69, 9.17) is 0 Å². The molecule has 1 aliphatic rings. The summed E-state index contributed by atoms with van der Waals surface area (Å²) in [6.07, 6.45) is -2.95. The smallest absolute Gasteiger partial charge is 0.422 e. The van der Waals surface area contributed by atoms with Crippen molar-refractivity contribution >= 4 is 6.09 Å². The predicted octanol–water partition coefficient (Wildman–Crippen LogP) is 3.88. The molecular formula is C13H22F3NO2. The lowest BCUT2D eigenvalue weighted by molar-refractivity contribution is -0.160. The van der Waals surface area contributed by atoms with E-state index in [1.165, 1.54) is 0 Å². The van der Waals surface area contributed by atoms with Gasteiger partial charge in [0, 0.05) is 6.04 Å². The number of alkyl carbamates (subject to hydrolysis) is 1. The highest BCUT2D eigenvalue weighted by Crippen LogP contribution is 2.45. The van der Waals surface area contributed by atoms with Gasteiger partial charge in [-0.25, -0.2) is 4.79 Å². The number of amides is 1. The number of halogens is 3. The Hall–Kier alpha value is -0.940. The Morgan fingerprint density at radius 3 is 2.11 bits per heavy atom. The van der Waals surface area contributed by atoms with E-state index in [-0.39, 0.29) is 16.9 Å². The van der Waals surface area contributed by atoms with Crippen LogP contribution >= 0.6 is 0 Å². The van der Waals surface area contributed by atoms with Crippen LogP contribution in [0.3, 0.4) is 0 Å². The summed E-state index contributed by atoms with van der Waals surface area (Å²) >= 11 is 0. The Balaban J connectivity index is 2.50. The summed E-state index contributed by atoms with van der Waals surface area (Å²) in [6.45, 7) is 6.86. The molecule has 0 saturated heterocycles. The first-order chi connectivity index (χ1) is 8.39. The number of carbonyl (C=O) groups excluding carboxylic acids is 1. The highest BCUT2D eigenvalue weighted by atomic mass is 19.4. The summed E-state index contributed by atoms with van der Waals surface area (Å²) in [5.74, 6) is 0. The van der Waals surface area contributed by atoms with Gasteiger partial charge < -0.3 is 10.1 Å². The number of hydrogen-bond donors (Lipinski definition) is 1. The Morgan fingerprint density at radius 2 is 1.68 bits per heavy atom. The Morgan fingerprint density at radius 1 is 1.21 bits per heavy atom. The first-order valence-corrected chi connectivity index (χ1v) is 6.39. The van der Waals surface area contributed by atoms with Crippen molar-refractivity contribution in [2.75, 3.05) is 6.61 Å². The van der Waals surface area contributed by atoms with Gasteiger partial charge in [0.05, 0.1) is 0 Å². The Labute approximate surface area is 111 Å². The molecule has 1 rings (SSSR count). The van der Waals surface area contributed by atoms with E-state index in [0.717, 1.165) is 19.3 Å². The maximum Gasteiger partial charge on any atom is 0.422 e. The van der Waals surface area contributed by atoms with Gasteiger partial charge in [0.2, 0.25) is 0 Å². The van der Waals surface area contributed by atoms with Crippen molar-refractivity contribution < 1.29 is 22.7 Å². The second kappa shape index (κ2) is 5.21. The molecule has 0 spiro atoms. The van der Waals surface area contributed by atoms with Crippen molar-refractivity contribution in [3.8, 4) is 0 Å². The molecule has 0 aromatic carbocycles. The van der Waals surface area contributed by atoms with Crippen molar-refractivity contribution in [2.45, 2.75) is 59.2 Å². The molecule has 0 heterocycles. The zero-order valence-electron chi connectivity index (χ0n) is 11.9. The normalized spacial score (nSPS) is 22.9. The maximum absolute atomic E-state index is 11.9. The molecule has 1 aliphatic carbocycles. The minimum absolute atomic E-state index is 0.0592. The largest absolute Gasteiger partial charge is 0.440 e. The summed E-state index contributed by atoms with van der Waals surface area (Å²) in [5, 5.41) is 2.54. The SMILES string of the molecule is CC1(C)CC(NC(=O)OCC(F)(F)F)CC(C)(C)C1. The van der Waals surface area contributed by atoms with Crippen LogP contribution in [0.2, 0.25) is 0 Å². The summed E-state index contributed by atoms with van der Waals surface area (Å²) in [4.78, 5) is 11.3. The van der Waals surface area contributed by atoms with E-state index in [1.54, 1.807) is 0 Å². The van der Waals surface area contributed by atoms with Gasteiger partial charge in [-0.1, -0.05) is 27.7 Å². The molecule has 3 nitrogen and oxygen atoms in total. The van der Waals surface area contributed by atoms with Gasteiger partial charge in [0.15, 0.2) is 6.61 Å². The van der Waals surface area contributed by atoms with E-state index in [0.29, 0.717) is 0 Å². The van der Waals surface area contributed by atoms with E-state index in [2.05, 4.69) is 37.7 Å². The maximum atomic E-state index is 11.9. The highest BCUT2D eigenvalue weighted by molar-refractivity contribution is 5.67. The third-order valence-corrected chi connectivity index (χ3v) is 3.24. The number of nitrogens with one attached hydrogen (secondary N) is 1. The van der Waals surface area contributed by atoms with Gasteiger partial charge >= 0.3 is 12.3 Å². The third-order valence-electron chi connectivity index (χ3n) is 3.24. The van der Waals surface area contributed by atoms with E-state index >= 15 is 0 Å². The Kier molecular flexibility index (Phi) is 4.42. The molecule has 0 aromatic heterocycles. The van der Waals surface area contributed by atoms with Crippen LogP contribution in [-0.2, 0) is 4.74 Å². The molecule has 1 fully saturated rings. The molecule has 1 amide bonds. The Bertz CT molecular complexity index is 321. The van der Waals surface area contributed by atoms with Gasteiger partial charge in [-0.3, -0.25) is 0 Å². The van der Waals surface area contributed by atoms with Crippen LogP contribution in [0.15, 0.2) is 0 Å². The lowest BCUT2D eigenvalue weighted by atomic mass is 9.63. The van der Waals surface area contributed by atoms with Gasteiger partial charge in [-0.15, -0.1) is 0 Å². The van der Waals surface area contributed by atoms with Crippen LogP contribution in [0.4, 0.5) is 18.0 Å². The molecule has 0 radical (unpaired) electrons. The van der Waals surface area contributed by atoms with Crippen molar-refractivity contribution in [1.82, 2.24) is 5.32 Å². The van der Waals surface area contributed by atoms with Gasteiger partial charge in [0.1, 0.15) is 0 Å². The number of rotatable bonds is 2. The second-order valence-electron chi connectivity index (χ2n) is 6.95. The molecule has 19 heavy (non-hydrogen) atoms. The molecule has 6 heteroatoms. The van der Waals surface area contributed by atoms with E-state index < -0.39 is 18.9 Å². The number of hydrogen-bond acceptors (Lipinski definition) is 2. The fourth-order valence-electron chi connectivity index (χ4n) is 3.30. The van der Waals surface area contributed by atoms with Crippen molar-refractivity contribution in [3.05, 3.63) is 0 Å². The van der Waals surface area contributed by atoms with Crippen molar-refractivity contribution in [1.29, 1.82) is 0 Å². The zero-order valence-corrected chi connectivity index (χ0v) is 11.9. The molecule has 1 saturated carbocycles. The molecule has 112 valence electrons. The van der Waals surface area contributed by atoms with Gasteiger partial charge in [-0.2, -0.15) is 13.2 Å². The third kappa shape index (κ3) is 6.16. The quantitative estimate of drug-likeness (QED) is 0.834. The lowest BCUT2D eigenvalue weighted by Gasteiger charge is -2.44. The van der Waals surface area contributed by atoms with Crippen molar-refractivity contribution in [3.63, 3.8) is 0 Å². The first kappa shape index (κ1) is 16.1. The number of alkyl halides is 3. The average molecular weight is 281 g/mol. The predicted molar refractivity (Wildman–Crippen MR) is 65.7 cm³/mol. The van der Waals surface area contributed by atoms with Gasteiger partial charge in [0.25, 0.3) is 0 Å². The van der Waals surface area contributed by atoms with Crippen LogP contribution < -0.4 is 5.32 Å². The molecule has 0 bridgehead atoms. The van der Waals surface area contributed by atoms with Crippen LogP contribution in [0.5, 0.6) is 0 Å². The molecule has 0 unspecified atom stereocenters. The minimum atomic E-state index is -4.48. The molecule has 0 atom stereocenters. The summed E-state index contributed by atoms with van der Waals surface area (Å²) < 4.78 is 40.0. The van der Waals surface area contributed by atoms with Crippen molar-refractivity contribution in [2.24, 2.45) is 10.8 Å².